The van der Waals surface area contributed by atoms with Gasteiger partial charge in [0.05, 0.1) is 18.6 Å². The van der Waals surface area contributed by atoms with E-state index < -0.39 is 66.3 Å². The molecule has 5 atom stereocenters. The number of aliphatic carboxylic acids is 1. The number of rotatable bonds is 16. The molecule has 2 rings (SSSR count). The summed E-state index contributed by atoms with van der Waals surface area (Å²) in [5, 5.41) is 27.9. The number of nitrogens with zero attached hydrogens (tertiary/aromatic N) is 1. The Balaban J connectivity index is 2.21. The quantitative estimate of drug-likeness (QED) is 0.0545. The second-order valence-electron chi connectivity index (χ2n) is 9.48. The summed E-state index contributed by atoms with van der Waals surface area (Å²) < 4.78 is 0. The maximum absolute atomic E-state index is 13.3. The van der Waals surface area contributed by atoms with Gasteiger partial charge in [-0.25, -0.2) is 4.79 Å². The van der Waals surface area contributed by atoms with Gasteiger partial charge in [0.2, 0.25) is 23.6 Å². The molecule has 224 valence electrons. The van der Waals surface area contributed by atoms with Crippen molar-refractivity contribution in [2.75, 3.05) is 6.54 Å². The van der Waals surface area contributed by atoms with Crippen molar-refractivity contribution in [2.45, 2.75) is 62.9 Å². The van der Waals surface area contributed by atoms with Gasteiger partial charge in [0.15, 0.2) is 5.96 Å². The highest BCUT2D eigenvalue weighted by molar-refractivity contribution is 5.95. The highest BCUT2D eigenvalue weighted by Gasteiger charge is 2.32. The fraction of sp³-hybridized carbons (Fsp3) is 0.440. The summed E-state index contributed by atoms with van der Waals surface area (Å²) in [6.07, 6.45) is -0.132. The number of aliphatic hydroxyl groups is 1. The van der Waals surface area contributed by atoms with Crippen LogP contribution in [0.4, 0.5) is 0 Å². The Morgan fingerprint density at radius 1 is 0.976 bits per heavy atom. The number of amides is 4. The summed E-state index contributed by atoms with van der Waals surface area (Å²) in [7, 11) is 0. The molecule has 0 aliphatic heterocycles. The van der Waals surface area contributed by atoms with Crippen LogP contribution in [0, 0.1) is 0 Å². The molecule has 1 heterocycles. The molecule has 0 saturated heterocycles. The van der Waals surface area contributed by atoms with Gasteiger partial charge in [0.25, 0.3) is 0 Å². The second-order valence-corrected chi connectivity index (χ2v) is 9.48. The lowest BCUT2D eigenvalue weighted by atomic mass is 10.0. The summed E-state index contributed by atoms with van der Waals surface area (Å²) in [6, 6.07) is 1.69. The molecule has 2 aromatic rings. The Kier molecular flexibility index (Phi) is 12.0. The third kappa shape index (κ3) is 10.1. The SMILES string of the molecule is CC(O)C(NC(=O)C(N)CC(N)=O)C(=O)NC(CCCN=C(N)N)C(=O)NC(Cc1c[nH]c2ccccc12)C(=O)O. The van der Waals surface area contributed by atoms with Crippen molar-refractivity contribution in [2.24, 2.45) is 27.9 Å². The van der Waals surface area contributed by atoms with Gasteiger partial charge in [-0.1, -0.05) is 18.2 Å². The Morgan fingerprint density at radius 3 is 2.24 bits per heavy atom. The van der Waals surface area contributed by atoms with Crippen LogP contribution in [-0.2, 0) is 30.4 Å². The maximum atomic E-state index is 13.3. The van der Waals surface area contributed by atoms with E-state index in [1.807, 2.05) is 18.2 Å². The molecule has 41 heavy (non-hydrogen) atoms. The minimum Gasteiger partial charge on any atom is -0.480 e. The van der Waals surface area contributed by atoms with Crippen LogP contribution in [0.5, 0.6) is 0 Å². The topological polar surface area (TPSA) is 294 Å². The first-order chi connectivity index (χ1) is 19.3. The predicted molar refractivity (Wildman–Crippen MR) is 149 cm³/mol. The lowest BCUT2D eigenvalue weighted by Gasteiger charge is -2.26. The molecular weight excluding hydrogens is 538 g/mol. The third-order valence-corrected chi connectivity index (χ3v) is 6.11. The second kappa shape index (κ2) is 15.2. The molecule has 0 spiro atoms. The molecule has 0 aliphatic rings. The minimum absolute atomic E-state index is 0.0184. The zero-order valence-electron chi connectivity index (χ0n) is 22.5. The van der Waals surface area contributed by atoms with Crippen molar-refractivity contribution >= 4 is 46.5 Å². The predicted octanol–water partition coefficient (Wildman–Crippen LogP) is -3.11. The van der Waals surface area contributed by atoms with Crippen molar-refractivity contribution in [3.8, 4) is 0 Å². The molecule has 1 aromatic heterocycles. The lowest BCUT2D eigenvalue weighted by Crippen LogP contribution is -2.60. The van der Waals surface area contributed by atoms with Crippen LogP contribution in [0.2, 0.25) is 0 Å². The largest absolute Gasteiger partial charge is 0.480 e. The number of aromatic nitrogens is 1. The number of para-hydroxylation sites is 1. The molecule has 4 amide bonds. The molecule has 14 N–H and O–H groups in total. The number of nitrogens with two attached hydrogens (primary N) is 4. The fourth-order valence-electron chi connectivity index (χ4n) is 4.00. The average Bonchev–Trinajstić information content (AvgIpc) is 3.30. The number of hydrogen-bond donors (Lipinski definition) is 10. The van der Waals surface area contributed by atoms with Crippen LogP contribution in [0.15, 0.2) is 35.5 Å². The molecule has 16 heteroatoms. The van der Waals surface area contributed by atoms with E-state index in [0.717, 1.165) is 10.9 Å². The van der Waals surface area contributed by atoms with E-state index in [0.29, 0.717) is 5.56 Å². The van der Waals surface area contributed by atoms with E-state index in [-0.39, 0.29) is 31.8 Å². The van der Waals surface area contributed by atoms with Crippen molar-refractivity contribution in [1.82, 2.24) is 20.9 Å². The third-order valence-electron chi connectivity index (χ3n) is 6.11. The standard InChI is InChI=1S/C25H37N9O7/c1-12(35)20(34-21(37)15(26)10-19(27)36)23(39)32-17(7-4-8-30-25(28)29)22(38)33-18(24(40)41)9-13-11-31-16-6-3-2-5-14(13)16/h2-3,5-6,11-12,15,17-18,20,31,35H,4,7-10,26H2,1H3,(H2,27,36)(H,32,39)(H,33,38)(H,34,37)(H,40,41)(H4,28,29,30). The number of aromatic amines is 1. The van der Waals surface area contributed by atoms with Gasteiger partial charge in [0, 0.05) is 30.1 Å². The molecule has 0 saturated carbocycles. The number of guanidine groups is 1. The van der Waals surface area contributed by atoms with Crippen LogP contribution >= 0.6 is 0 Å². The van der Waals surface area contributed by atoms with Crippen LogP contribution in [0.25, 0.3) is 10.9 Å². The van der Waals surface area contributed by atoms with E-state index in [1.54, 1.807) is 12.3 Å². The normalized spacial score (nSPS) is 14.6. The fourth-order valence-corrected chi connectivity index (χ4v) is 4.00. The number of carboxylic acid groups (broad SMARTS) is 1. The van der Waals surface area contributed by atoms with Crippen LogP contribution in [-0.4, -0.2) is 87.6 Å². The number of nitrogens with one attached hydrogen (secondary N) is 4. The molecule has 0 radical (unpaired) electrons. The van der Waals surface area contributed by atoms with Crippen molar-refractivity contribution in [1.29, 1.82) is 0 Å². The number of carboxylic acids is 1. The smallest absolute Gasteiger partial charge is 0.326 e. The first-order valence-corrected chi connectivity index (χ1v) is 12.8. The minimum atomic E-state index is -1.56. The van der Waals surface area contributed by atoms with E-state index in [1.165, 1.54) is 6.92 Å². The molecule has 0 fully saturated rings. The molecule has 5 unspecified atom stereocenters. The number of carbonyl (C=O) groups excluding carboxylic acids is 4. The molecular formula is C25H37N9O7. The van der Waals surface area contributed by atoms with Gasteiger partial charge >= 0.3 is 5.97 Å². The number of carbonyl (C=O) groups is 5. The van der Waals surface area contributed by atoms with Gasteiger partial charge in [0.1, 0.15) is 18.1 Å². The summed E-state index contributed by atoms with van der Waals surface area (Å²) >= 11 is 0. The van der Waals surface area contributed by atoms with Gasteiger partial charge in [-0.15, -0.1) is 0 Å². The number of primary amides is 1. The van der Waals surface area contributed by atoms with Crippen LogP contribution in [0.1, 0.15) is 31.7 Å². The van der Waals surface area contributed by atoms with Gasteiger partial charge in [-0.05, 0) is 31.4 Å². The summed E-state index contributed by atoms with van der Waals surface area (Å²) in [4.78, 5) is 68.7. The molecule has 0 aliphatic carbocycles. The zero-order chi connectivity index (χ0) is 30.7. The number of aliphatic imine (C=N–C) groups is 1. The van der Waals surface area contributed by atoms with Crippen molar-refractivity contribution in [3.63, 3.8) is 0 Å². The van der Waals surface area contributed by atoms with E-state index >= 15 is 0 Å². The molecule has 1 aromatic carbocycles. The average molecular weight is 576 g/mol. The first-order valence-electron chi connectivity index (χ1n) is 12.8. The molecule has 16 nitrogen and oxygen atoms in total. The maximum Gasteiger partial charge on any atom is 0.326 e. The zero-order valence-corrected chi connectivity index (χ0v) is 22.5. The number of aliphatic hydroxyl groups excluding tert-OH is 1. The van der Waals surface area contributed by atoms with Gasteiger partial charge in [-0.2, -0.15) is 0 Å². The number of hydrogen-bond acceptors (Lipinski definition) is 8. The van der Waals surface area contributed by atoms with Crippen LogP contribution < -0.4 is 38.9 Å². The van der Waals surface area contributed by atoms with E-state index in [4.69, 9.17) is 22.9 Å². The summed E-state index contributed by atoms with van der Waals surface area (Å²) in [6.45, 7) is 1.33. The van der Waals surface area contributed by atoms with Crippen molar-refractivity contribution < 1.29 is 34.2 Å². The van der Waals surface area contributed by atoms with Crippen LogP contribution in [0.3, 0.4) is 0 Å². The summed E-state index contributed by atoms with van der Waals surface area (Å²) in [5.41, 5.74) is 22.8. The van der Waals surface area contributed by atoms with Gasteiger partial charge < -0.3 is 54.1 Å². The highest BCUT2D eigenvalue weighted by Crippen LogP contribution is 2.19. The Bertz CT molecular complexity index is 1270. The highest BCUT2D eigenvalue weighted by atomic mass is 16.4. The van der Waals surface area contributed by atoms with E-state index in [9.17, 15) is 34.2 Å². The van der Waals surface area contributed by atoms with Gasteiger partial charge in [-0.3, -0.25) is 24.2 Å². The summed E-state index contributed by atoms with van der Waals surface area (Å²) in [5.74, 6) is -5.02. The first kappa shape index (κ1) is 32.5. The lowest BCUT2D eigenvalue weighted by molar-refractivity contribution is -0.142. The number of H-pyrrole nitrogens is 1. The monoisotopic (exact) mass is 575 g/mol. The number of benzene rings is 1. The number of fused-ring (bicyclic) bond motifs is 1. The van der Waals surface area contributed by atoms with Crippen molar-refractivity contribution in [3.05, 3.63) is 36.0 Å². The molecule has 0 bridgehead atoms. The Morgan fingerprint density at radius 2 is 1.63 bits per heavy atom. The van der Waals surface area contributed by atoms with E-state index in [2.05, 4.69) is 25.9 Å². The Hall–Kier alpha value is -4.70. The Labute approximate surface area is 235 Å².